The number of urea groups is 1. The van der Waals surface area contributed by atoms with E-state index in [9.17, 15) is 9.59 Å². The lowest BCUT2D eigenvalue weighted by molar-refractivity contribution is -0.133. The Kier molecular flexibility index (Phi) is 9.29. The van der Waals surface area contributed by atoms with Gasteiger partial charge in [0.1, 0.15) is 6.54 Å². The number of hydrogen-bond acceptors (Lipinski definition) is 5. The summed E-state index contributed by atoms with van der Waals surface area (Å²) in [4.78, 5) is 33.4. The monoisotopic (exact) mass is 472 g/mol. The average Bonchev–Trinajstić information content (AvgIpc) is 3.29. The molecule has 7 nitrogen and oxygen atoms in total. The lowest BCUT2D eigenvalue weighted by atomic mass is 10.1. The average molecular weight is 473 g/mol. The summed E-state index contributed by atoms with van der Waals surface area (Å²) in [5, 5.41) is 5.04. The van der Waals surface area contributed by atoms with Crippen molar-refractivity contribution in [3.63, 3.8) is 0 Å². The lowest BCUT2D eigenvalue weighted by Gasteiger charge is -2.33. The van der Waals surface area contributed by atoms with E-state index in [4.69, 9.17) is 4.74 Å². The molecule has 1 fully saturated rings. The second-order valence-electron chi connectivity index (χ2n) is 9.37. The summed E-state index contributed by atoms with van der Waals surface area (Å²) in [6.45, 7) is 11.3. The molecule has 0 saturated carbocycles. The van der Waals surface area contributed by atoms with Gasteiger partial charge in [-0.25, -0.2) is 4.79 Å². The van der Waals surface area contributed by atoms with E-state index in [1.165, 1.54) is 0 Å². The molecule has 0 spiro atoms. The fraction of sp³-hybridized carbons (Fsp3) is 0.520. The highest BCUT2D eigenvalue weighted by molar-refractivity contribution is 7.09. The lowest BCUT2D eigenvalue weighted by Crippen LogP contribution is -2.53. The first-order valence-electron chi connectivity index (χ1n) is 11.5. The summed E-state index contributed by atoms with van der Waals surface area (Å²) in [6.07, 6.45) is 0. The third-order valence-electron chi connectivity index (χ3n) is 5.38. The topological polar surface area (TPSA) is 65.1 Å². The van der Waals surface area contributed by atoms with Crippen molar-refractivity contribution in [3.8, 4) is 0 Å². The number of carbonyl (C=O) groups excluding carboxylic acids is 2. The van der Waals surface area contributed by atoms with Crippen LogP contribution in [0, 0.1) is 0 Å². The molecule has 1 N–H and O–H groups in total. The van der Waals surface area contributed by atoms with Crippen LogP contribution in [0.3, 0.4) is 0 Å². The molecule has 2 heterocycles. The molecule has 0 radical (unpaired) electrons. The van der Waals surface area contributed by atoms with Crippen LogP contribution in [-0.4, -0.2) is 78.1 Å². The van der Waals surface area contributed by atoms with Crippen molar-refractivity contribution in [3.05, 3.63) is 58.3 Å². The largest absolute Gasteiger partial charge is 0.379 e. The minimum atomic E-state index is -0.377. The van der Waals surface area contributed by atoms with Crippen LogP contribution in [0.25, 0.3) is 0 Å². The number of nitrogens with one attached hydrogen (secondary N) is 1. The summed E-state index contributed by atoms with van der Waals surface area (Å²) in [6, 6.07) is 13.8. The van der Waals surface area contributed by atoms with Gasteiger partial charge in [0.2, 0.25) is 5.91 Å². The standard InChI is InChI=1S/C25H36N4O3S/c1-25(2,3)26-24(31)28(12-11-27-13-15-32-16-14-27)20-23(30)29(19-22-10-7-17-33-22)18-21-8-5-4-6-9-21/h4-10,17H,11-16,18-20H2,1-3H3,(H,26,31). The molecule has 1 aromatic carbocycles. The highest BCUT2D eigenvalue weighted by Crippen LogP contribution is 2.15. The van der Waals surface area contributed by atoms with Gasteiger partial charge in [-0.1, -0.05) is 36.4 Å². The molecule has 1 aromatic heterocycles. The predicted molar refractivity (Wildman–Crippen MR) is 132 cm³/mol. The van der Waals surface area contributed by atoms with Crippen molar-refractivity contribution in [1.82, 2.24) is 20.0 Å². The van der Waals surface area contributed by atoms with Crippen molar-refractivity contribution in [2.24, 2.45) is 0 Å². The van der Waals surface area contributed by atoms with Gasteiger partial charge >= 0.3 is 6.03 Å². The first-order valence-corrected chi connectivity index (χ1v) is 12.4. The molecule has 1 saturated heterocycles. The number of benzene rings is 1. The maximum atomic E-state index is 13.5. The van der Waals surface area contributed by atoms with Crippen LogP contribution in [-0.2, 0) is 22.6 Å². The highest BCUT2D eigenvalue weighted by atomic mass is 32.1. The molecule has 33 heavy (non-hydrogen) atoms. The Morgan fingerprint density at radius 1 is 1.03 bits per heavy atom. The van der Waals surface area contributed by atoms with Crippen LogP contribution in [0.4, 0.5) is 4.79 Å². The van der Waals surface area contributed by atoms with E-state index in [-0.39, 0.29) is 24.0 Å². The number of amides is 3. The first-order chi connectivity index (χ1) is 15.8. The van der Waals surface area contributed by atoms with E-state index in [0.29, 0.717) is 32.8 Å². The fourth-order valence-corrected chi connectivity index (χ4v) is 4.35. The molecule has 8 heteroatoms. The number of ether oxygens (including phenoxy) is 1. The van der Waals surface area contributed by atoms with Crippen LogP contribution < -0.4 is 5.32 Å². The first kappa shape index (κ1) is 25.2. The fourth-order valence-electron chi connectivity index (χ4n) is 3.63. The SMILES string of the molecule is CC(C)(C)NC(=O)N(CCN1CCOCC1)CC(=O)N(Cc1ccccc1)Cc1cccs1. The molecule has 1 aliphatic heterocycles. The molecule has 3 amide bonds. The van der Waals surface area contributed by atoms with E-state index in [0.717, 1.165) is 30.1 Å². The number of thiophene rings is 1. The van der Waals surface area contributed by atoms with Crippen LogP contribution in [0.2, 0.25) is 0 Å². The molecule has 180 valence electrons. The number of carbonyl (C=O) groups is 2. The molecule has 0 bridgehead atoms. The second kappa shape index (κ2) is 12.2. The van der Waals surface area contributed by atoms with Crippen LogP contribution in [0.15, 0.2) is 47.8 Å². The normalized spacial score (nSPS) is 14.6. The molecule has 2 aromatic rings. The van der Waals surface area contributed by atoms with Gasteiger partial charge in [-0.15, -0.1) is 11.3 Å². The van der Waals surface area contributed by atoms with Crippen molar-refractivity contribution in [2.75, 3.05) is 45.9 Å². The summed E-state index contributed by atoms with van der Waals surface area (Å²) in [7, 11) is 0. The molecular formula is C25H36N4O3S. The van der Waals surface area contributed by atoms with E-state index in [2.05, 4.69) is 10.2 Å². The smallest absolute Gasteiger partial charge is 0.318 e. The van der Waals surface area contributed by atoms with E-state index >= 15 is 0 Å². The zero-order chi connectivity index (χ0) is 23.7. The molecular weight excluding hydrogens is 436 g/mol. The molecule has 0 atom stereocenters. The van der Waals surface area contributed by atoms with Crippen molar-refractivity contribution < 1.29 is 14.3 Å². The van der Waals surface area contributed by atoms with Gasteiger partial charge in [-0.2, -0.15) is 0 Å². The Hall–Kier alpha value is -2.42. The summed E-state index contributed by atoms with van der Waals surface area (Å²) in [5.41, 5.74) is 0.694. The van der Waals surface area contributed by atoms with Crippen molar-refractivity contribution in [1.29, 1.82) is 0 Å². The summed E-state index contributed by atoms with van der Waals surface area (Å²) >= 11 is 1.64. The summed E-state index contributed by atoms with van der Waals surface area (Å²) in [5.74, 6) is -0.0571. The van der Waals surface area contributed by atoms with Gasteiger partial charge in [0.25, 0.3) is 0 Å². The van der Waals surface area contributed by atoms with Gasteiger partial charge in [0, 0.05) is 43.1 Å². The van der Waals surface area contributed by atoms with Gasteiger partial charge in [0.15, 0.2) is 0 Å². The number of hydrogen-bond donors (Lipinski definition) is 1. The van der Waals surface area contributed by atoms with Crippen molar-refractivity contribution in [2.45, 2.75) is 39.4 Å². The maximum absolute atomic E-state index is 13.5. The van der Waals surface area contributed by atoms with Gasteiger partial charge < -0.3 is 19.9 Å². The quantitative estimate of drug-likeness (QED) is 0.607. The number of morpholine rings is 1. The van der Waals surface area contributed by atoms with Crippen LogP contribution in [0.1, 0.15) is 31.2 Å². The van der Waals surface area contributed by atoms with Gasteiger partial charge in [-0.05, 0) is 37.8 Å². The van der Waals surface area contributed by atoms with Crippen LogP contribution in [0.5, 0.6) is 0 Å². The van der Waals surface area contributed by atoms with Crippen molar-refractivity contribution >= 4 is 23.3 Å². The zero-order valence-electron chi connectivity index (χ0n) is 20.0. The Labute approximate surface area is 201 Å². The highest BCUT2D eigenvalue weighted by Gasteiger charge is 2.25. The third-order valence-corrected chi connectivity index (χ3v) is 6.24. The molecule has 3 rings (SSSR count). The Balaban J connectivity index is 1.71. The van der Waals surface area contributed by atoms with E-state index < -0.39 is 0 Å². The molecule has 0 aliphatic carbocycles. The second-order valence-corrected chi connectivity index (χ2v) is 10.4. The maximum Gasteiger partial charge on any atom is 0.318 e. The minimum absolute atomic E-state index is 0.0461. The third kappa shape index (κ3) is 8.79. The zero-order valence-corrected chi connectivity index (χ0v) is 20.8. The Bertz CT molecular complexity index is 862. The van der Waals surface area contributed by atoms with E-state index in [1.807, 2.05) is 73.5 Å². The van der Waals surface area contributed by atoms with Gasteiger partial charge in [0.05, 0.1) is 19.8 Å². The van der Waals surface area contributed by atoms with Gasteiger partial charge in [-0.3, -0.25) is 9.69 Å². The number of rotatable bonds is 9. The number of nitrogens with zero attached hydrogens (tertiary/aromatic N) is 3. The summed E-state index contributed by atoms with van der Waals surface area (Å²) < 4.78 is 5.43. The Morgan fingerprint density at radius 2 is 1.76 bits per heavy atom. The Morgan fingerprint density at radius 3 is 2.39 bits per heavy atom. The predicted octanol–water partition coefficient (Wildman–Crippen LogP) is 3.42. The minimum Gasteiger partial charge on any atom is -0.379 e. The molecule has 1 aliphatic rings. The molecule has 0 unspecified atom stereocenters. The van der Waals surface area contributed by atoms with E-state index in [1.54, 1.807) is 16.2 Å². The van der Waals surface area contributed by atoms with Crippen LogP contribution >= 0.6 is 11.3 Å².